The predicted octanol–water partition coefficient (Wildman–Crippen LogP) is 0.575. The topological polar surface area (TPSA) is 112 Å². The molecule has 4 N–H and O–H groups in total. The Kier molecular flexibility index (Phi) is 4.69. The highest BCUT2D eigenvalue weighted by Gasteiger charge is 2.13. The number of primary amides is 1. The lowest BCUT2D eigenvalue weighted by Crippen LogP contribution is -2.22. The molecule has 0 spiro atoms. The summed E-state index contributed by atoms with van der Waals surface area (Å²) in [5, 5.41) is 0. The lowest BCUT2D eigenvalue weighted by molar-refractivity contribution is 0.149. The maximum atomic E-state index is 11.6. The molecule has 100 valence electrons. The van der Waals surface area contributed by atoms with Crippen molar-refractivity contribution in [2.75, 3.05) is 12.4 Å². The Morgan fingerprint density at radius 3 is 2.33 bits per heavy atom. The van der Waals surface area contributed by atoms with Gasteiger partial charge >= 0.3 is 6.09 Å². The first-order valence-electron chi connectivity index (χ1n) is 5.37. The second kappa shape index (κ2) is 5.83. The monoisotopic (exact) mass is 272 g/mol. The number of benzene rings is 1. The van der Waals surface area contributed by atoms with Crippen LogP contribution in [0.2, 0.25) is 0 Å². The first kappa shape index (κ1) is 14.5. The fourth-order valence-corrected chi connectivity index (χ4v) is 2.24. The van der Waals surface area contributed by atoms with Gasteiger partial charge in [-0.15, -0.1) is 0 Å². The average Bonchev–Trinajstić information content (AvgIpc) is 2.36. The van der Waals surface area contributed by atoms with Gasteiger partial charge in [0.2, 0.25) is 0 Å². The van der Waals surface area contributed by atoms with Gasteiger partial charge in [0, 0.05) is 0 Å². The van der Waals surface area contributed by atoms with E-state index in [2.05, 4.69) is 4.74 Å². The average molecular weight is 272 g/mol. The summed E-state index contributed by atoms with van der Waals surface area (Å²) in [4.78, 5) is 10.7. The highest BCUT2D eigenvalue weighted by molar-refractivity contribution is 7.91. The van der Waals surface area contributed by atoms with Crippen LogP contribution in [0.15, 0.2) is 29.2 Å². The Morgan fingerprint density at radius 2 is 1.89 bits per heavy atom. The molecule has 0 aromatic heterocycles. The lowest BCUT2D eigenvalue weighted by Gasteiger charge is -2.12. The molecule has 0 bridgehead atoms. The van der Waals surface area contributed by atoms with Crippen LogP contribution in [0, 0.1) is 0 Å². The molecule has 0 aliphatic heterocycles. The molecule has 0 aliphatic carbocycles. The Morgan fingerprint density at radius 1 is 1.33 bits per heavy atom. The highest BCUT2D eigenvalue weighted by Crippen LogP contribution is 2.16. The third kappa shape index (κ3) is 3.71. The van der Waals surface area contributed by atoms with Crippen molar-refractivity contribution in [2.24, 2.45) is 11.5 Å². The van der Waals surface area contributed by atoms with Gasteiger partial charge in [0.05, 0.1) is 16.7 Å². The van der Waals surface area contributed by atoms with Gasteiger partial charge in [-0.25, -0.2) is 13.2 Å². The van der Waals surface area contributed by atoms with Gasteiger partial charge in [-0.3, -0.25) is 0 Å². The number of ether oxygens (including phenoxy) is 1. The molecule has 0 fully saturated rings. The van der Waals surface area contributed by atoms with E-state index in [1.165, 1.54) is 12.1 Å². The Bertz CT molecular complexity index is 510. The van der Waals surface area contributed by atoms with E-state index < -0.39 is 22.0 Å². The number of hydrogen-bond donors (Lipinski definition) is 2. The summed E-state index contributed by atoms with van der Waals surface area (Å²) in [5.41, 5.74) is 11.2. The quantitative estimate of drug-likeness (QED) is 0.813. The van der Waals surface area contributed by atoms with E-state index >= 15 is 0 Å². The number of amides is 1. The van der Waals surface area contributed by atoms with Gasteiger partial charge in [-0.05, 0) is 17.7 Å². The molecule has 18 heavy (non-hydrogen) atoms. The van der Waals surface area contributed by atoms with Crippen LogP contribution in [0.3, 0.4) is 0 Å². The maximum Gasteiger partial charge on any atom is 0.404 e. The smallest absolute Gasteiger partial charge is 0.404 e. The normalized spacial score (nSPS) is 13.0. The molecule has 1 aromatic carbocycles. The van der Waals surface area contributed by atoms with Crippen LogP contribution >= 0.6 is 0 Å². The summed E-state index contributed by atoms with van der Waals surface area (Å²) in [6.07, 6.45) is -0.893. The number of sulfone groups is 1. The zero-order valence-electron chi connectivity index (χ0n) is 10.00. The van der Waals surface area contributed by atoms with E-state index in [1.54, 1.807) is 19.1 Å². The van der Waals surface area contributed by atoms with E-state index in [4.69, 9.17) is 11.5 Å². The molecule has 0 aliphatic rings. The van der Waals surface area contributed by atoms with Gasteiger partial charge in [0.25, 0.3) is 0 Å². The third-order valence-electron chi connectivity index (χ3n) is 2.45. The van der Waals surface area contributed by atoms with Crippen LogP contribution in [0.5, 0.6) is 0 Å². The largest absolute Gasteiger partial charge is 0.448 e. The van der Waals surface area contributed by atoms with E-state index in [0.29, 0.717) is 5.56 Å². The van der Waals surface area contributed by atoms with E-state index in [1.807, 2.05) is 0 Å². The van der Waals surface area contributed by atoms with Crippen LogP contribution in [0.25, 0.3) is 0 Å². The molecule has 1 amide bonds. The molecular weight excluding hydrogens is 256 g/mol. The fourth-order valence-electron chi connectivity index (χ4n) is 1.36. The zero-order chi connectivity index (χ0) is 13.8. The van der Waals surface area contributed by atoms with Crippen molar-refractivity contribution < 1.29 is 17.9 Å². The second-order valence-electron chi connectivity index (χ2n) is 3.71. The van der Waals surface area contributed by atoms with E-state index in [-0.39, 0.29) is 17.3 Å². The number of carbonyl (C=O) groups is 1. The lowest BCUT2D eigenvalue weighted by atomic mass is 10.1. The number of nitrogens with two attached hydrogens (primary N) is 2. The van der Waals surface area contributed by atoms with Gasteiger partial charge < -0.3 is 16.2 Å². The van der Waals surface area contributed by atoms with E-state index in [9.17, 15) is 13.2 Å². The van der Waals surface area contributed by atoms with Crippen LogP contribution in [-0.4, -0.2) is 26.9 Å². The summed E-state index contributed by atoms with van der Waals surface area (Å²) in [7, 11) is -3.21. The Labute approximate surface area is 106 Å². The summed E-state index contributed by atoms with van der Waals surface area (Å²) in [5.74, 6) is 0.0448. The van der Waals surface area contributed by atoms with Crippen LogP contribution in [-0.2, 0) is 14.6 Å². The Balaban J connectivity index is 2.80. The van der Waals surface area contributed by atoms with Gasteiger partial charge in [0.15, 0.2) is 9.84 Å². The molecule has 1 atom stereocenters. The third-order valence-corrected chi connectivity index (χ3v) is 4.20. The molecule has 1 rings (SSSR count). The van der Waals surface area contributed by atoms with Crippen molar-refractivity contribution in [1.29, 1.82) is 0 Å². The standard InChI is InChI=1S/C11H16N2O4S/c1-2-18(15,16)9-5-3-8(4-6-9)10(12)7-17-11(13)14/h3-6,10H,2,7,12H2,1H3,(H2,13,14)/t10-/m0/s1. The molecule has 1 aromatic rings. The van der Waals surface area contributed by atoms with Crippen molar-refractivity contribution in [3.63, 3.8) is 0 Å². The minimum absolute atomic E-state index is 0.0448. The summed E-state index contributed by atoms with van der Waals surface area (Å²) in [6.45, 7) is 1.53. The molecule has 6 nitrogen and oxygen atoms in total. The zero-order valence-corrected chi connectivity index (χ0v) is 10.8. The predicted molar refractivity (Wildman–Crippen MR) is 66.6 cm³/mol. The SMILES string of the molecule is CCS(=O)(=O)c1ccc([C@@H](N)COC(N)=O)cc1. The van der Waals surface area contributed by atoms with Gasteiger partial charge in [-0.2, -0.15) is 0 Å². The maximum absolute atomic E-state index is 11.6. The van der Waals surface area contributed by atoms with Crippen LogP contribution < -0.4 is 11.5 Å². The highest BCUT2D eigenvalue weighted by atomic mass is 32.2. The van der Waals surface area contributed by atoms with Crippen LogP contribution in [0.1, 0.15) is 18.5 Å². The van der Waals surface area contributed by atoms with E-state index in [0.717, 1.165) is 0 Å². The van der Waals surface area contributed by atoms with Crippen molar-refractivity contribution in [3.8, 4) is 0 Å². The van der Waals surface area contributed by atoms with Crippen LogP contribution in [0.4, 0.5) is 4.79 Å². The summed E-state index contributed by atoms with van der Waals surface area (Å²) < 4.78 is 27.7. The molecule has 0 saturated heterocycles. The molecule has 0 heterocycles. The molecule has 7 heteroatoms. The van der Waals surface area contributed by atoms with Crippen molar-refractivity contribution in [1.82, 2.24) is 0 Å². The minimum Gasteiger partial charge on any atom is -0.448 e. The van der Waals surface area contributed by atoms with Crippen molar-refractivity contribution >= 4 is 15.9 Å². The molecule has 0 unspecified atom stereocenters. The Hall–Kier alpha value is -1.60. The minimum atomic E-state index is -3.21. The fraction of sp³-hybridized carbons (Fsp3) is 0.364. The van der Waals surface area contributed by atoms with Crippen molar-refractivity contribution in [2.45, 2.75) is 17.9 Å². The number of hydrogen-bond acceptors (Lipinski definition) is 5. The molecular formula is C11H16N2O4S. The molecule has 0 radical (unpaired) electrons. The first-order valence-corrected chi connectivity index (χ1v) is 7.02. The number of carbonyl (C=O) groups excluding carboxylic acids is 1. The first-order chi connectivity index (χ1) is 8.36. The summed E-state index contributed by atoms with van der Waals surface area (Å²) >= 11 is 0. The second-order valence-corrected chi connectivity index (χ2v) is 5.99. The number of rotatable bonds is 5. The van der Waals surface area contributed by atoms with Crippen molar-refractivity contribution in [3.05, 3.63) is 29.8 Å². The molecule has 0 saturated carbocycles. The van der Waals surface area contributed by atoms with Gasteiger partial charge in [-0.1, -0.05) is 19.1 Å². The summed E-state index contributed by atoms with van der Waals surface area (Å²) in [6, 6.07) is 5.63. The van der Waals surface area contributed by atoms with Gasteiger partial charge in [0.1, 0.15) is 6.61 Å².